The van der Waals surface area contributed by atoms with Gasteiger partial charge in [-0.2, -0.15) is 0 Å². The van der Waals surface area contributed by atoms with Crippen molar-refractivity contribution in [2.75, 3.05) is 0 Å². The molecule has 0 bridgehead atoms. The molecule has 0 saturated heterocycles. The van der Waals surface area contributed by atoms with Gasteiger partial charge in [-0.05, 0) is 0 Å². The van der Waals surface area contributed by atoms with Crippen molar-refractivity contribution in [3.05, 3.63) is 84.2 Å². The molecule has 0 spiro atoms. The van der Waals surface area contributed by atoms with Gasteiger partial charge in [0.05, 0.1) is 0 Å². The molecule has 0 atom stereocenters. The van der Waals surface area contributed by atoms with Gasteiger partial charge in [-0.25, -0.2) is 0 Å². The molecule has 126 valence electrons. The van der Waals surface area contributed by atoms with Crippen LogP contribution in [0.4, 0.5) is 0 Å². The molecule has 1 aromatic carbocycles. The molecule has 6 nitrogen and oxygen atoms in total. The van der Waals surface area contributed by atoms with Gasteiger partial charge in [0.2, 0.25) is 0 Å². The quantitative estimate of drug-likeness (QED) is 0.405. The summed E-state index contributed by atoms with van der Waals surface area (Å²) in [6, 6.07) is 16.1. The first-order chi connectivity index (χ1) is 12.2. The van der Waals surface area contributed by atoms with Crippen LogP contribution in [0.2, 0.25) is 0 Å². The number of hydrogen-bond donors (Lipinski definition) is 1. The molecule has 7 heteroatoms. The molecule has 1 N–H and O–H groups in total. The van der Waals surface area contributed by atoms with Crippen LogP contribution in [0.5, 0.6) is 0 Å². The number of benzene rings is 1. The molecule has 0 aliphatic rings. The van der Waals surface area contributed by atoms with E-state index in [0.29, 0.717) is 10.1 Å². The summed E-state index contributed by atoms with van der Waals surface area (Å²) >= 11 is -0.244. The first-order valence-corrected chi connectivity index (χ1v) is 9.47. The molecule has 0 radical (unpaired) electrons. The van der Waals surface area contributed by atoms with Gasteiger partial charge < -0.3 is 0 Å². The Morgan fingerprint density at radius 3 is 2.24 bits per heavy atom. The van der Waals surface area contributed by atoms with E-state index in [1.807, 2.05) is 30.3 Å². The molecule has 2 aromatic heterocycles. The molecule has 2 heterocycles. The second-order valence-electron chi connectivity index (χ2n) is 4.91. The van der Waals surface area contributed by atoms with Crippen LogP contribution >= 0.6 is 0 Å². The Bertz CT molecular complexity index is 856. The molecule has 0 aliphatic carbocycles. The van der Waals surface area contributed by atoms with E-state index in [1.165, 1.54) is 18.6 Å². The van der Waals surface area contributed by atoms with Crippen molar-refractivity contribution in [3.63, 3.8) is 0 Å². The molecule has 25 heavy (non-hydrogen) atoms. The summed E-state index contributed by atoms with van der Waals surface area (Å²) in [6.07, 6.45) is 2.81. The Morgan fingerprint density at radius 2 is 1.60 bits per heavy atom. The van der Waals surface area contributed by atoms with Crippen LogP contribution < -0.4 is 5.32 Å². The first kappa shape index (κ1) is 16.9. The van der Waals surface area contributed by atoms with E-state index in [-0.39, 0.29) is 26.5 Å². The maximum absolute atomic E-state index is 12.2. The molecule has 2 amide bonds. The van der Waals surface area contributed by atoms with Crippen molar-refractivity contribution in [1.82, 2.24) is 5.32 Å². The summed E-state index contributed by atoms with van der Waals surface area (Å²) in [5.41, 5.74) is 1.10. The van der Waals surface area contributed by atoms with Crippen LogP contribution in [0.3, 0.4) is 0 Å². The molecule has 0 unspecified atom stereocenters. The van der Waals surface area contributed by atoms with Crippen LogP contribution in [-0.4, -0.2) is 31.5 Å². The van der Waals surface area contributed by atoms with Crippen molar-refractivity contribution in [2.24, 2.45) is 4.99 Å². The second kappa shape index (κ2) is 8.28. The topological polar surface area (TPSA) is 84.8 Å². The molecule has 0 fully saturated rings. The average Bonchev–Trinajstić information content (AvgIpc) is 3.33. The second-order valence-corrected chi connectivity index (χ2v) is 6.93. The van der Waals surface area contributed by atoms with Gasteiger partial charge >= 0.3 is 150 Å². The molecule has 0 saturated carbocycles. The van der Waals surface area contributed by atoms with Crippen molar-refractivity contribution < 1.29 is 18.4 Å². The fourth-order valence-corrected chi connectivity index (χ4v) is 3.63. The number of rotatable bonds is 5. The zero-order chi connectivity index (χ0) is 17.5. The van der Waals surface area contributed by atoms with Crippen LogP contribution in [0.15, 0.2) is 81.0 Å². The van der Waals surface area contributed by atoms with Crippen molar-refractivity contribution in [1.29, 1.82) is 0 Å². The maximum atomic E-state index is 12.2. The van der Waals surface area contributed by atoms with E-state index in [0.717, 1.165) is 5.56 Å². The Kier molecular flexibility index (Phi) is 5.61. The molecule has 0 aliphatic heterocycles. The Morgan fingerprint density at radius 1 is 0.920 bits per heavy atom. The van der Waals surface area contributed by atoms with E-state index >= 15 is 0 Å². The third kappa shape index (κ3) is 4.79. The molecule has 3 aromatic rings. The summed E-state index contributed by atoms with van der Waals surface area (Å²) in [7, 11) is 0. The monoisotopic (exact) mass is 402 g/mol. The summed E-state index contributed by atoms with van der Waals surface area (Å²) in [5, 5.41) is 3.36. The predicted octanol–water partition coefficient (Wildman–Crippen LogP) is 2.70. The standard InChI is InChI=1S/C18H14N2O4Se/c21-16(14-8-4-10-23-14)19-18(20-17(22)15-9-5-11-24-15)25-12-13-6-2-1-3-7-13/h1-11H,12H2,(H,19,20,21,22). The third-order valence-electron chi connectivity index (χ3n) is 3.12. The van der Waals surface area contributed by atoms with Gasteiger partial charge in [0.25, 0.3) is 0 Å². The third-order valence-corrected chi connectivity index (χ3v) is 5.10. The van der Waals surface area contributed by atoms with E-state index in [4.69, 9.17) is 8.83 Å². The number of carbonyl (C=O) groups is 2. The number of nitrogens with zero attached hydrogens (tertiary/aromatic N) is 1. The zero-order valence-electron chi connectivity index (χ0n) is 13.0. The number of furan rings is 2. The predicted molar refractivity (Wildman–Crippen MR) is 92.5 cm³/mol. The van der Waals surface area contributed by atoms with Crippen LogP contribution in [0.25, 0.3) is 0 Å². The molecular formula is C18H14N2O4Se. The number of amides is 2. The van der Waals surface area contributed by atoms with E-state index in [9.17, 15) is 9.59 Å². The number of carbonyl (C=O) groups excluding carboxylic acids is 2. The average molecular weight is 401 g/mol. The SMILES string of the molecule is O=C(N=C(NC(=O)c1ccco1)[Se]Cc1ccccc1)c1ccco1. The normalized spacial score (nSPS) is 11.3. The van der Waals surface area contributed by atoms with Crippen LogP contribution in [0, 0.1) is 0 Å². The number of aliphatic imine (C=N–C) groups is 1. The molecule has 3 rings (SSSR count). The van der Waals surface area contributed by atoms with Gasteiger partial charge in [0.1, 0.15) is 0 Å². The Labute approximate surface area is 150 Å². The van der Waals surface area contributed by atoms with Crippen molar-refractivity contribution >= 4 is 31.5 Å². The summed E-state index contributed by atoms with van der Waals surface area (Å²) in [4.78, 5) is 28.4. The first-order valence-electron chi connectivity index (χ1n) is 7.40. The molecular weight excluding hydrogens is 387 g/mol. The summed E-state index contributed by atoms with van der Waals surface area (Å²) < 4.78 is 10.4. The number of hydrogen-bond acceptors (Lipinski definition) is 4. The van der Waals surface area contributed by atoms with Gasteiger partial charge in [-0.3, -0.25) is 0 Å². The number of nitrogens with one attached hydrogen (secondary N) is 1. The van der Waals surface area contributed by atoms with E-state index in [2.05, 4.69) is 10.3 Å². The van der Waals surface area contributed by atoms with E-state index in [1.54, 1.807) is 18.2 Å². The van der Waals surface area contributed by atoms with Gasteiger partial charge in [-0.15, -0.1) is 0 Å². The van der Waals surface area contributed by atoms with Gasteiger partial charge in [0.15, 0.2) is 0 Å². The minimum atomic E-state index is -0.533. The van der Waals surface area contributed by atoms with E-state index < -0.39 is 11.8 Å². The Hall–Kier alpha value is -2.89. The van der Waals surface area contributed by atoms with Crippen LogP contribution in [0.1, 0.15) is 26.7 Å². The summed E-state index contributed by atoms with van der Waals surface area (Å²) in [6.45, 7) is 0. The van der Waals surface area contributed by atoms with Crippen LogP contribution in [-0.2, 0) is 5.32 Å². The number of amidine groups is 1. The van der Waals surface area contributed by atoms with Gasteiger partial charge in [0, 0.05) is 0 Å². The fraction of sp³-hybridized carbons (Fsp3) is 0.0556. The zero-order valence-corrected chi connectivity index (χ0v) is 14.8. The summed E-state index contributed by atoms with van der Waals surface area (Å²) in [5.74, 6) is -0.686. The Balaban J connectivity index is 1.75. The van der Waals surface area contributed by atoms with Gasteiger partial charge in [-0.1, -0.05) is 0 Å². The van der Waals surface area contributed by atoms with Crippen molar-refractivity contribution in [2.45, 2.75) is 5.32 Å². The van der Waals surface area contributed by atoms with Crippen molar-refractivity contribution in [3.8, 4) is 0 Å². The fourth-order valence-electron chi connectivity index (χ4n) is 1.94. The minimum absolute atomic E-state index is 0.125.